The van der Waals surface area contributed by atoms with Gasteiger partial charge in [-0.3, -0.25) is 14.9 Å². The number of ether oxygens (including phenoxy) is 2. The summed E-state index contributed by atoms with van der Waals surface area (Å²) >= 11 is 0. The zero-order chi connectivity index (χ0) is 29.7. The number of H-pyrrole nitrogens is 1. The van der Waals surface area contributed by atoms with Crippen molar-refractivity contribution in [1.29, 1.82) is 0 Å². The van der Waals surface area contributed by atoms with Gasteiger partial charge >= 0.3 is 5.97 Å². The van der Waals surface area contributed by atoms with Crippen LogP contribution < -0.4 is 5.32 Å². The summed E-state index contributed by atoms with van der Waals surface area (Å²) in [5, 5.41) is 15.8. The number of nitrogens with zero attached hydrogens (tertiary/aromatic N) is 3. The number of nitrogens with one attached hydrogen (secondary N) is 2. The summed E-state index contributed by atoms with van der Waals surface area (Å²) in [6.07, 6.45) is 4.67. The normalized spacial score (nSPS) is 17.1. The number of nitro benzene ring substituents is 1. The van der Waals surface area contributed by atoms with Crippen LogP contribution in [-0.4, -0.2) is 91.4 Å². The molecule has 2 saturated heterocycles. The Hall–Kier alpha value is -4.01. The van der Waals surface area contributed by atoms with Crippen LogP contribution in [0.5, 0.6) is 0 Å². The van der Waals surface area contributed by atoms with E-state index >= 15 is 0 Å². The number of morpholine rings is 1. The van der Waals surface area contributed by atoms with E-state index in [9.17, 15) is 28.1 Å². The molecule has 0 aliphatic carbocycles. The highest BCUT2D eigenvalue weighted by atomic mass is 32.2. The monoisotopic (exact) mass is 599 g/mol. The second-order valence-electron chi connectivity index (χ2n) is 10.3. The highest BCUT2D eigenvalue weighted by Gasteiger charge is 2.31. The van der Waals surface area contributed by atoms with Gasteiger partial charge in [-0.25, -0.2) is 13.2 Å². The van der Waals surface area contributed by atoms with E-state index in [1.165, 1.54) is 16.4 Å². The van der Waals surface area contributed by atoms with Gasteiger partial charge in [0, 0.05) is 55.8 Å². The molecule has 0 unspecified atom stereocenters. The van der Waals surface area contributed by atoms with Crippen LogP contribution in [0.15, 0.2) is 53.6 Å². The molecule has 0 spiro atoms. The fourth-order valence-electron chi connectivity index (χ4n) is 5.25. The Kier molecular flexibility index (Phi) is 9.04. The van der Waals surface area contributed by atoms with Crippen LogP contribution in [0.2, 0.25) is 0 Å². The Balaban J connectivity index is 1.40. The number of fused-ring (bicyclic) bond motifs is 1. The summed E-state index contributed by atoms with van der Waals surface area (Å²) in [5.74, 6) is -1.05. The van der Waals surface area contributed by atoms with Crippen molar-refractivity contribution in [3.8, 4) is 0 Å². The van der Waals surface area contributed by atoms with E-state index in [1.807, 2.05) is 24.3 Å². The minimum atomic E-state index is -3.99. The molecule has 2 aliphatic heterocycles. The van der Waals surface area contributed by atoms with E-state index in [0.717, 1.165) is 41.8 Å². The van der Waals surface area contributed by atoms with Gasteiger partial charge in [-0.1, -0.05) is 18.2 Å². The van der Waals surface area contributed by atoms with Crippen molar-refractivity contribution in [1.82, 2.24) is 14.2 Å². The number of piperidine rings is 1. The molecule has 3 aromatic rings. The van der Waals surface area contributed by atoms with Crippen LogP contribution in [-0.2, 0) is 35.5 Å². The first kappa shape index (κ1) is 29.5. The highest BCUT2D eigenvalue weighted by molar-refractivity contribution is 7.89. The number of hydrogen-bond donors (Lipinski definition) is 2. The summed E-state index contributed by atoms with van der Waals surface area (Å²) in [4.78, 5) is 42.0. The van der Waals surface area contributed by atoms with Crippen LogP contribution in [0.4, 0.5) is 11.4 Å². The van der Waals surface area contributed by atoms with Crippen molar-refractivity contribution < 1.29 is 32.4 Å². The molecule has 0 radical (unpaired) electrons. The van der Waals surface area contributed by atoms with E-state index < -0.39 is 39.3 Å². The van der Waals surface area contributed by atoms with Gasteiger partial charge in [0.15, 0.2) is 6.61 Å². The number of aromatic amines is 1. The summed E-state index contributed by atoms with van der Waals surface area (Å²) in [6, 6.07) is 9.92. The van der Waals surface area contributed by atoms with Gasteiger partial charge in [-0.15, -0.1) is 0 Å². The smallest absolute Gasteiger partial charge is 0.329 e. The molecule has 0 saturated carbocycles. The van der Waals surface area contributed by atoms with Crippen molar-refractivity contribution in [2.24, 2.45) is 0 Å². The number of nitro groups is 1. The predicted molar refractivity (Wildman–Crippen MR) is 153 cm³/mol. The van der Waals surface area contributed by atoms with Crippen molar-refractivity contribution in [3.63, 3.8) is 0 Å². The van der Waals surface area contributed by atoms with Crippen LogP contribution in [0.1, 0.15) is 24.8 Å². The number of para-hydroxylation sites is 1. The molecular weight excluding hydrogens is 566 g/mol. The van der Waals surface area contributed by atoms with Crippen molar-refractivity contribution in [2.45, 2.75) is 36.6 Å². The first-order valence-electron chi connectivity index (χ1n) is 13.9. The number of anilines is 1. The fraction of sp³-hybridized carbons (Fsp3) is 0.429. The zero-order valence-corrected chi connectivity index (χ0v) is 23.8. The Morgan fingerprint density at radius 2 is 1.81 bits per heavy atom. The number of carbonyl (C=O) groups excluding carboxylic acids is 2. The largest absolute Gasteiger partial charge is 0.454 e. The van der Waals surface area contributed by atoms with E-state index in [4.69, 9.17) is 9.47 Å². The Labute approximate surface area is 243 Å². The van der Waals surface area contributed by atoms with E-state index in [0.29, 0.717) is 13.1 Å². The zero-order valence-electron chi connectivity index (χ0n) is 23.0. The maximum atomic E-state index is 13.4. The lowest BCUT2D eigenvalue weighted by Crippen LogP contribution is -2.41. The third-order valence-electron chi connectivity index (χ3n) is 7.53. The number of benzene rings is 2. The molecule has 2 aliphatic rings. The van der Waals surface area contributed by atoms with Gasteiger partial charge in [-0.2, -0.15) is 4.31 Å². The molecule has 14 heteroatoms. The fourth-order valence-corrected chi connectivity index (χ4v) is 6.68. The number of sulfonamides is 1. The number of hydrogen-bond acceptors (Lipinski definition) is 9. The van der Waals surface area contributed by atoms with Crippen molar-refractivity contribution in [2.75, 3.05) is 51.3 Å². The molecule has 2 N–H and O–H groups in total. The van der Waals surface area contributed by atoms with Crippen LogP contribution in [0.25, 0.3) is 10.9 Å². The second kappa shape index (κ2) is 12.9. The summed E-state index contributed by atoms with van der Waals surface area (Å²) in [5.41, 5.74) is 1.05. The molecule has 1 aromatic heterocycles. The average molecular weight is 600 g/mol. The van der Waals surface area contributed by atoms with Gasteiger partial charge in [0.25, 0.3) is 11.6 Å². The van der Waals surface area contributed by atoms with Gasteiger partial charge in [0.2, 0.25) is 10.0 Å². The molecule has 0 bridgehead atoms. The molecule has 1 amide bonds. The minimum absolute atomic E-state index is 0.0509. The summed E-state index contributed by atoms with van der Waals surface area (Å²) in [6.45, 7) is 1.54. The molecule has 1 atom stereocenters. The molecule has 42 heavy (non-hydrogen) atoms. The number of likely N-dealkylation sites (tertiary alicyclic amines) is 1. The molecule has 13 nitrogen and oxygen atoms in total. The SMILES string of the molecule is O=C(OCC(=O)N1CCCCC1)[C@@H](Cc1c[nH]c2ccccc12)Nc1ccc(S(=O)(=O)N2CCOCC2)cc1[N+](=O)[O-]. The lowest BCUT2D eigenvalue weighted by Gasteiger charge is -2.27. The maximum Gasteiger partial charge on any atom is 0.329 e. The standard InChI is InChI=1S/C28H33N5O8S/c34-27(31-10-4-1-5-11-31)19-41-28(35)25(16-20-18-29-23-7-3-2-6-22(20)23)30-24-9-8-21(17-26(24)33(36)37)42(38,39)32-12-14-40-15-13-32/h2-3,6-9,17-18,25,29-30H,1,4-5,10-16,19H2/t25-/m1/s1. The van der Waals surface area contributed by atoms with Gasteiger partial charge < -0.3 is 24.7 Å². The van der Waals surface area contributed by atoms with Crippen LogP contribution in [0, 0.1) is 10.1 Å². The third-order valence-corrected chi connectivity index (χ3v) is 9.43. The predicted octanol–water partition coefficient (Wildman–Crippen LogP) is 2.68. The Morgan fingerprint density at radius 3 is 2.55 bits per heavy atom. The first-order valence-corrected chi connectivity index (χ1v) is 15.3. The van der Waals surface area contributed by atoms with Gasteiger partial charge in [0.1, 0.15) is 11.7 Å². The van der Waals surface area contributed by atoms with Crippen molar-refractivity contribution in [3.05, 3.63) is 64.3 Å². The molecular formula is C28H33N5O8S. The first-order chi connectivity index (χ1) is 20.2. The molecule has 2 aromatic carbocycles. The number of esters is 1. The van der Waals surface area contributed by atoms with E-state index in [-0.39, 0.29) is 49.2 Å². The topological polar surface area (TPSA) is 164 Å². The Bertz CT molecular complexity index is 1560. The number of aromatic nitrogens is 1. The molecule has 2 fully saturated rings. The lowest BCUT2D eigenvalue weighted by atomic mass is 10.0. The summed E-state index contributed by atoms with van der Waals surface area (Å²) < 4.78 is 38.1. The van der Waals surface area contributed by atoms with E-state index in [2.05, 4.69) is 10.3 Å². The molecule has 3 heterocycles. The molecule has 224 valence electrons. The van der Waals surface area contributed by atoms with Crippen LogP contribution >= 0.6 is 0 Å². The van der Waals surface area contributed by atoms with Crippen molar-refractivity contribution >= 4 is 44.2 Å². The highest BCUT2D eigenvalue weighted by Crippen LogP contribution is 2.31. The number of amides is 1. The minimum Gasteiger partial charge on any atom is -0.454 e. The lowest BCUT2D eigenvalue weighted by molar-refractivity contribution is -0.384. The second-order valence-corrected chi connectivity index (χ2v) is 12.2. The van der Waals surface area contributed by atoms with E-state index in [1.54, 1.807) is 11.1 Å². The molecule has 5 rings (SSSR count). The summed E-state index contributed by atoms with van der Waals surface area (Å²) in [7, 11) is -3.99. The number of carbonyl (C=O) groups is 2. The Morgan fingerprint density at radius 1 is 1.07 bits per heavy atom. The average Bonchev–Trinajstić information content (AvgIpc) is 3.42. The van der Waals surface area contributed by atoms with Gasteiger partial charge in [-0.05, 0) is 43.0 Å². The van der Waals surface area contributed by atoms with Gasteiger partial charge in [0.05, 0.1) is 23.0 Å². The third kappa shape index (κ3) is 6.55. The number of rotatable bonds is 10. The maximum absolute atomic E-state index is 13.4. The quantitative estimate of drug-likeness (QED) is 0.203. The van der Waals surface area contributed by atoms with Crippen LogP contribution in [0.3, 0.4) is 0 Å².